The Kier molecular flexibility index (Phi) is 4.28. The second kappa shape index (κ2) is 5.85. The molecule has 1 heterocycles. The van der Waals surface area contributed by atoms with E-state index in [0.29, 0.717) is 0 Å². The predicted molar refractivity (Wildman–Crippen MR) is 68.0 cm³/mol. The fourth-order valence-electron chi connectivity index (χ4n) is 2.22. The third kappa shape index (κ3) is 2.72. The molecule has 0 amide bonds. The summed E-state index contributed by atoms with van der Waals surface area (Å²) >= 11 is 0. The predicted octanol–water partition coefficient (Wildman–Crippen LogP) is -1.09. The molecule has 1 fully saturated rings. The first kappa shape index (κ1) is 16.1. The Bertz CT molecular complexity index is 604. The first-order valence-corrected chi connectivity index (χ1v) is 6.13. The van der Waals surface area contributed by atoms with Gasteiger partial charge in [-0.15, -0.1) is 0 Å². The Labute approximate surface area is 123 Å². The Balaban J connectivity index is 2.44. The average molecular weight is 315 g/mol. The molecule has 1 aromatic carbocycles. The second-order valence-corrected chi connectivity index (χ2v) is 4.79. The quantitative estimate of drug-likeness (QED) is 0.343. The fraction of sp³-hybridized carbons (Fsp3) is 0.417. The number of non-ortho nitro benzene ring substituents is 1. The zero-order chi connectivity index (χ0) is 16.6. The van der Waals surface area contributed by atoms with Gasteiger partial charge in [0.2, 0.25) is 0 Å². The summed E-state index contributed by atoms with van der Waals surface area (Å²) in [6, 6.07) is 2.89. The van der Waals surface area contributed by atoms with Crippen LogP contribution in [0.15, 0.2) is 18.2 Å². The molecule has 1 aliphatic rings. The number of aliphatic hydroxyl groups excluding tert-OH is 3. The molecule has 2 rings (SSSR count). The third-order valence-electron chi connectivity index (χ3n) is 3.39. The van der Waals surface area contributed by atoms with Gasteiger partial charge in [-0.25, -0.2) is 4.79 Å². The summed E-state index contributed by atoms with van der Waals surface area (Å²) in [5, 5.41) is 58.6. The number of hydrogen-bond donors (Lipinski definition) is 5. The van der Waals surface area contributed by atoms with Gasteiger partial charge in [0, 0.05) is 17.7 Å². The van der Waals surface area contributed by atoms with Crippen molar-refractivity contribution < 1.29 is 40.0 Å². The number of aliphatic carboxylic acids is 1. The van der Waals surface area contributed by atoms with Gasteiger partial charge >= 0.3 is 5.97 Å². The van der Waals surface area contributed by atoms with Crippen molar-refractivity contribution in [2.75, 3.05) is 0 Å². The molecule has 1 saturated heterocycles. The number of nitro benzene ring substituents is 1. The molecule has 0 saturated carbocycles. The maximum Gasteiger partial charge on any atom is 0.335 e. The molecule has 5 atom stereocenters. The van der Waals surface area contributed by atoms with Gasteiger partial charge in [-0.1, -0.05) is 0 Å². The molecule has 1 aromatic rings. The van der Waals surface area contributed by atoms with Gasteiger partial charge in [-0.2, -0.15) is 0 Å². The molecular formula is C12H13NO9. The van der Waals surface area contributed by atoms with Crippen LogP contribution < -0.4 is 0 Å². The van der Waals surface area contributed by atoms with E-state index in [9.17, 15) is 35.3 Å². The van der Waals surface area contributed by atoms with Gasteiger partial charge < -0.3 is 30.3 Å². The molecule has 0 spiro atoms. The number of phenolic OH excluding ortho intramolecular Hbond substituents is 1. The van der Waals surface area contributed by atoms with Crippen LogP contribution >= 0.6 is 0 Å². The summed E-state index contributed by atoms with van der Waals surface area (Å²) in [5.74, 6) is -2.07. The Morgan fingerprint density at radius 2 is 1.82 bits per heavy atom. The van der Waals surface area contributed by atoms with Gasteiger partial charge in [0.25, 0.3) is 5.69 Å². The van der Waals surface area contributed by atoms with Crippen molar-refractivity contribution in [3.05, 3.63) is 33.9 Å². The third-order valence-corrected chi connectivity index (χ3v) is 3.39. The zero-order valence-electron chi connectivity index (χ0n) is 10.9. The largest absolute Gasteiger partial charge is 0.508 e. The molecule has 120 valence electrons. The summed E-state index contributed by atoms with van der Waals surface area (Å²) in [7, 11) is 0. The molecule has 10 nitrogen and oxygen atoms in total. The van der Waals surface area contributed by atoms with E-state index in [1.165, 1.54) is 0 Å². The van der Waals surface area contributed by atoms with Crippen molar-refractivity contribution in [2.24, 2.45) is 0 Å². The highest BCUT2D eigenvalue weighted by atomic mass is 16.6. The van der Waals surface area contributed by atoms with Crippen molar-refractivity contribution >= 4 is 11.7 Å². The van der Waals surface area contributed by atoms with Gasteiger partial charge in [-0.05, 0) is 6.07 Å². The number of rotatable bonds is 3. The molecule has 0 aromatic heterocycles. The van der Waals surface area contributed by atoms with Crippen LogP contribution in [0, 0.1) is 10.1 Å². The number of carboxylic acids is 1. The molecule has 1 unspecified atom stereocenters. The Morgan fingerprint density at radius 1 is 1.18 bits per heavy atom. The molecule has 0 aliphatic carbocycles. The maximum absolute atomic E-state index is 11.0. The van der Waals surface area contributed by atoms with Gasteiger partial charge in [0.1, 0.15) is 30.2 Å². The first-order valence-electron chi connectivity index (χ1n) is 6.13. The fourth-order valence-corrected chi connectivity index (χ4v) is 2.22. The topological polar surface area (TPSA) is 171 Å². The highest BCUT2D eigenvalue weighted by Crippen LogP contribution is 2.38. The lowest BCUT2D eigenvalue weighted by molar-refractivity contribution is -0.385. The van der Waals surface area contributed by atoms with Crippen molar-refractivity contribution in [3.8, 4) is 5.75 Å². The van der Waals surface area contributed by atoms with Crippen LogP contribution in [0.2, 0.25) is 0 Å². The lowest BCUT2D eigenvalue weighted by Crippen LogP contribution is -2.56. The molecule has 10 heteroatoms. The van der Waals surface area contributed by atoms with E-state index >= 15 is 0 Å². The van der Waals surface area contributed by atoms with E-state index in [1.54, 1.807) is 0 Å². The van der Waals surface area contributed by atoms with Crippen molar-refractivity contribution in [3.63, 3.8) is 0 Å². The first-order chi connectivity index (χ1) is 10.2. The van der Waals surface area contributed by atoms with E-state index in [4.69, 9.17) is 9.84 Å². The molecule has 22 heavy (non-hydrogen) atoms. The number of ether oxygens (including phenoxy) is 1. The summed E-state index contributed by atoms with van der Waals surface area (Å²) in [6.07, 6.45) is -8.94. The number of aromatic hydroxyl groups is 1. The second-order valence-electron chi connectivity index (χ2n) is 4.79. The number of nitrogens with zero attached hydrogens (tertiary/aromatic N) is 1. The smallest absolute Gasteiger partial charge is 0.335 e. The van der Waals surface area contributed by atoms with Crippen molar-refractivity contribution in [1.82, 2.24) is 0 Å². The number of hydrogen-bond acceptors (Lipinski definition) is 8. The van der Waals surface area contributed by atoms with Crippen LogP contribution in [-0.4, -0.2) is 60.8 Å². The van der Waals surface area contributed by atoms with E-state index in [-0.39, 0.29) is 5.56 Å². The van der Waals surface area contributed by atoms with Crippen LogP contribution in [0.5, 0.6) is 5.75 Å². The Hall–Kier alpha value is -2.27. The molecule has 0 radical (unpaired) electrons. The van der Waals surface area contributed by atoms with Crippen molar-refractivity contribution in [1.29, 1.82) is 0 Å². The molecule has 5 N–H and O–H groups in total. The molecule has 0 bridgehead atoms. The minimum atomic E-state index is -1.88. The summed E-state index contributed by atoms with van der Waals surface area (Å²) < 4.78 is 5.00. The van der Waals surface area contributed by atoms with Crippen LogP contribution in [0.25, 0.3) is 0 Å². The average Bonchev–Trinajstić information content (AvgIpc) is 2.45. The summed E-state index contributed by atoms with van der Waals surface area (Å²) in [5.41, 5.74) is -0.685. The number of benzene rings is 1. The van der Waals surface area contributed by atoms with E-state index in [0.717, 1.165) is 18.2 Å². The van der Waals surface area contributed by atoms with E-state index in [2.05, 4.69) is 0 Å². The number of phenols is 1. The molecular weight excluding hydrogens is 302 g/mol. The van der Waals surface area contributed by atoms with E-state index in [1.807, 2.05) is 0 Å². The molecule has 1 aliphatic heterocycles. The minimum Gasteiger partial charge on any atom is -0.508 e. The lowest BCUT2D eigenvalue weighted by atomic mass is 9.90. The standard InChI is InChI=1S/C12H13NO9/c14-6-2-1-4(13(20)21)3-5(6)10-8(16)7(15)9(17)11(22-10)12(18)19/h1-3,7-11,14-17H,(H,18,19)/t7-,8-,9+,10?,11+/m1/s1. The monoisotopic (exact) mass is 315 g/mol. The van der Waals surface area contributed by atoms with Gasteiger partial charge in [0.05, 0.1) is 4.92 Å². The van der Waals surface area contributed by atoms with Gasteiger partial charge in [0.15, 0.2) is 6.10 Å². The van der Waals surface area contributed by atoms with Crippen LogP contribution in [0.3, 0.4) is 0 Å². The minimum absolute atomic E-state index is 0.265. The number of nitro groups is 1. The number of aliphatic hydroxyl groups is 3. The number of carboxylic acid groups (broad SMARTS) is 1. The number of carbonyl (C=O) groups is 1. The van der Waals surface area contributed by atoms with Crippen LogP contribution in [0.4, 0.5) is 5.69 Å². The lowest BCUT2D eigenvalue weighted by Gasteiger charge is -2.39. The van der Waals surface area contributed by atoms with Crippen molar-refractivity contribution in [2.45, 2.75) is 30.5 Å². The summed E-state index contributed by atoms with van der Waals surface area (Å²) in [4.78, 5) is 21.0. The Morgan fingerprint density at radius 3 is 2.36 bits per heavy atom. The maximum atomic E-state index is 11.0. The SMILES string of the molecule is O=C(O)[C@H]1OC(c2cc([N+](=O)[O-])ccc2O)[C@H](O)[C@@H](O)[C@@H]1O. The van der Waals surface area contributed by atoms with Crippen LogP contribution in [-0.2, 0) is 9.53 Å². The zero-order valence-corrected chi connectivity index (χ0v) is 10.9. The summed E-state index contributed by atoms with van der Waals surface area (Å²) in [6.45, 7) is 0. The van der Waals surface area contributed by atoms with Crippen LogP contribution in [0.1, 0.15) is 11.7 Å². The highest BCUT2D eigenvalue weighted by molar-refractivity contribution is 5.73. The van der Waals surface area contributed by atoms with E-state index < -0.39 is 52.8 Å². The normalized spacial score (nSPS) is 31.7. The highest BCUT2D eigenvalue weighted by Gasteiger charge is 2.48. The van der Waals surface area contributed by atoms with Gasteiger partial charge in [-0.3, -0.25) is 10.1 Å².